The molecule has 0 atom stereocenters. The first-order valence-corrected chi connectivity index (χ1v) is 7.33. The molecule has 0 aliphatic rings. The van der Waals surface area contributed by atoms with E-state index >= 15 is 0 Å². The number of hydrogen-bond acceptors (Lipinski definition) is 1. The average Bonchev–Trinajstić information content (AvgIpc) is 2.35. The lowest BCUT2D eigenvalue weighted by molar-refractivity contribution is 0.866. The molecule has 92 valence electrons. The summed E-state index contributed by atoms with van der Waals surface area (Å²) in [4.78, 5) is 1.29. The smallest absolute Gasteiger partial charge is 0.0406 e. The summed E-state index contributed by atoms with van der Waals surface area (Å²) < 4.78 is 0. The normalized spacial score (nSPS) is 10.9. The molecular formula is C15H19ClS. The molecular weight excluding hydrogens is 248 g/mol. The molecule has 0 fully saturated rings. The minimum absolute atomic E-state index is 0.802. The van der Waals surface area contributed by atoms with Crippen LogP contribution >= 0.6 is 23.4 Å². The number of benzene rings is 1. The molecule has 1 aromatic rings. The fourth-order valence-electron chi connectivity index (χ4n) is 1.39. The molecule has 0 bridgehead atoms. The van der Waals surface area contributed by atoms with Crippen LogP contribution in [0.2, 0.25) is 5.02 Å². The van der Waals surface area contributed by atoms with Gasteiger partial charge in [0.25, 0.3) is 0 Å². The molecule has 0 heterocycles. The lowest BCUT2D eigenvalue weighted by atomic mass is 10.2. The van der Waals surface area contributed by atoms with Gasteiger partial charge >= 0.3 is 0 Å². The predicted molar refractivity (Wildman–Crippen MR) is 80.0 cm³/mol. The van der Waals surface area contributed by atoms with Gasteiger partial charge in [-0.05, 0) is 49.9 Å². The maximum absolute atomic E-state index is 5.83. The number of rotatable bonds is 8. The van der Waals surface area contributed by atoms with Crippen LogP contribution in [-0.4, -0.2) is 5.75 Å². The zero-order valence-electron chi connectivity index (χ0n) is 10.1. The molecule has 0 aliphatic heterocycles. The Morgan fingerprint density at radius 3 is 2.47 bits per heavy atom. The average molecular weight is 267 g/mol. The van der Waals surface area contributed by atoms with Crippen molar-refractivity contribution in [3.8, 4) is 0 Å². The third kappa shape index (κ3) is 7.30. The summed E-state index contributed by atoms with van der Waals surface area (Å²) in [6.07, 6.45) is 11.1. The van der Waals surface area contributed by atoms with Crippen molar-refractivity contribution in [1.29, 1.82) is 0 Å². The van der Waals surface area contributed by atoms with Crippen molar-refractivity contribution in [3.05, 3.63) is 54.1 Å². The van der Waals surface area contributed by atoms with Crippen LogP contribution in [0.15, 0.2) is 54.0 Å². The largest absolute Gasteiger partial charge is 0.126 e. The van der Waals surface area contributed by atoms with Gasteiger partial charge in [0.05, 0.1) is 0 Å². The zero-order chi connectivity index (χ0) is 12.3. The third-order valence-electron chi connectivity index (χ3n) is 2.31. The van der Waals surface area contributed by atoms with Crippen molar-refractivity contribution in [1.82, 2.24) is 0 Å². The van der Waals surface area contributed by atoms with Gasteiger partial charge in [0.2, 0.25) is 0 Å². The highest BCUT2D eigenvalue weighted by atomic mass is 35.5. The molecule has 0 nitrogen and oxygen atoms in total. The van der Waals surface area contributed by atoms with E-state index in [4.69, 9.17) is 11.6 Å². The van der Waals surface area contributed by atoms with E-state index in [1.54, 1.807) is 0 Å². The third-order valence-corrected chi connectivity index (χ3v) is 3.61. The summed E-state index contributed by atoms with van der Waals surface area (Å²) >= 11 is 7.70. The van der Waals surface area contributed by atoms with Crippen LogP contribution in [0.25, 0.3) is 0 Å². The standard InChI is InChI=1S/C15H19ClS/c1-2-3-4-5-6-7-8-13-17-15-11-9-14(16)10-12-15/h2,6-7,9-12H,1,3-5,8,13H2/b7-6+. The van der Waals surface area contributed by atoms with Gasteiger partial charge in [-0.3, -0.25) is 0 Å². The van der Waals surface area contributed by atoms with Crippen molar-refractivity contribution in [3.63, 3.8) is 0 Å². The molecule has 0 N–H and O–H groups in total. The molecule has 0 aromatic heterocycles. The fraction of sp³-hybridized carbons (Fsp3) is 0.333. The Hall–Kier alpha value is -0.660. The lowest BCUT2D eigenvalue weighted by Crippen LogP contribution is -1.77. The van der Waals surface area contributed by atoms with Crippen molar-refractivity contribution >= 4 is 23.4 Å². The van der Waals surface area contributed by atoms with Gasteiger partial charge in [0, 0.05) is 15.7 Å². The summed E-state index contributed by atoms with van der Waals surface area (Å²) in [5.41, 5.74) is 0. The number of hydrogen-bond donors (Lipinski definition) is 0. The highest BCUT2D eigenvalue weighted by molar-refractivity contribution is 7.99. The number of thioether (sulfide) groups is 1. The molecule has 1 aromatic carbocycles. The monoisotopic (exact) mass is 266 g/mol. The lowest BCUT2D eigenvalue weighted by Gasteiger charge is -1.99. The minimum atomic E-state index is 0.802. The van der Waals surface area contributed by atoms with E-state index < -0.39 is 0 Å². The van der Waals surface area contributed by atoms with E-state index in [0.29, 0.717) is 0 Å². The first kappa shape index (κ1) is 14.4. The quantitative estimate of drug-likeness (QED) is 0.329. The minimum Gasteiger partial charge on any atom is -0.126 e. The molecule has 0 saturated heterocycles. The molecule has 17 heavy (non-hydrogen) atoms. The second-order valence-electron chi connectivity index (χ2n) is 3.78. The van der Waals surface area contributed by atoms with Crippen molar-refractivity contribution in [2.24, 2.45) is 0 Å². The molecule has 0 spiro atoms. The molecule has 2 heteroatoms. The van der Waals surface area contributed by atoms with Crippen LogP contribution in [0, 0.1) is 0 Å². The Morgan fingerprint density at radius 1 is 1.06 bits per heavy atom. The van der Waals surface area contributed by atoms with Crippen LogP contribution in [0.5, 0.6) is 0 Å². The summed E-state index contributed by atoms with van der Waals surface area (Å²) in [7, 11) is 0. The Labute approximate surface area is 114 Å². The van der Waals surface area contributed by atoms with Crippen molar-refractivity contribution in [2.75, 3.05) is 5.75 Å². The van der Waals surface area contributed by atoms with Gasteiger partial charge in [-0.15, -0.1) is 18.3 Å². The predicted octanol–water partition coefficient (Wildman–Crippen LogP) is 5.73. The van der Waals surface area contributed by atoms with E-state index in [1.807, 2.05) is 30.0 Å². The van der Waals surface area contributed by atoms with Gasteiger partial charge in [-0.1, -0.05) is 29.8 Å². The SMILES string of the molecule is C=CCCC/C=C/CCSc1ccc(Cl)cc1. The van der Waals surface area contributed by atoms with E-state index in [2.05, 4.69) is 30.9 Å². The van der Waals surface area contributed by atoms with E-state index in [9.17, 15) is 0 Å². The first-order chi connectivity index (χ1) is 8.33. The Morgan fingerprint density at radius 2 is 1.76 bits per heavy atom. The molecule has 0 saturated carbocycles. The maximum Gasteiger partial charge on any atom is 0.0406 e. The van der Waals surface area contributed by atoms with E-state index in [1.165, 1.54) is 11.3 Å². The molecule has 0 radical (unpaired) electrons. The Kier molecular flexibility index (Phi) is 7.94. The number of unbranched alkanes of at least 4 members (excludes halogenated alkanes) is 2. The van der Waals surface area contributed by atoms with Crippen molar-refractivity contribution < 1.29 is 0 Å². The number of allylic oxidation sites excluding steroid dienone is 3. The molecule has 0 aliphatic carbocycles. The summed E-state index contributed by atoms with van der Waals surface area (Å²) in [5, 5.41) is 0.802. The summed E-state index contributed by atoms with van der Waals surface area (Å²) in [5.74, 6) is 1.12. The van der Waals surface area contributed by atoms with Gasteiger partial charge in [0.1, 0.15) is 0 Å². The molecule has 0 unspecified atom stereocenters. The van der Waals surface area contributed by atoms with Gasteiger partial charge < -0.3 is 0 Å². The first-order valence-electron chi connectivity index (χ1n) is 5.97. The van der Waals surface area contributed by atoms with Crippen LogP contribution in [-0.2, 0) is 0 Å². The van der Waals surface area contributed by atoms with Gasteiger partial charge in [0.15, 0.2) is 0 Å². The van der Waals surface area contributed by atoms with Gasteiger partial charge in [-0.2, -0.15) is 0 Å². The molecule has 0 amide bonds. The second kappa shape index (κ2) is 9.38. The summed E-state index contributed by atoms with van der Waals surface area (Å²) in [6, 6.07) is 8.02. The topological polar surface area (TPSA) is 0 Å². The van der Waals surface area contributed by atoms with Gasteiger partial charge in [-0.25, -0.2) is 0 Å². The van der Waals surface area contributed by atoms with Crippen LogP contribution in [0.1, 0.15) is 25.7 Å². The second-order valence-corrected chi connectivity index (χ2v) is 5.39. The van der Waals surface area contributed by atoms with E-state index in [0.717, 1.165) is 30.0 Å². The molecule has 1 rings (SSSR count). The Balaban J connectivity index is 2.07. The highest BCUT2D eigenvalue weighted by Crippen LogP contribution is 2.20. The zero-order valence-corrected chi connectivity index (χ0v) is 11.6. The fourth-order valence-corrected chi connectivity index (χ4v) is 2.34. The van der Waals surface area contributed by atoms with Crippen LogP contribution < -0.4 is 0 Å². The number of halogens is 1. The van der Waals surface area contributed by atoms with Crippen LogP contribution in [0.3, 0.4) is 0 Å². The Bertz CT molecular complexity index is 340. The highest BCUT2D eigenvalue weighted by Gasteiger charge is 1.92. The summed E-state index contributed by atoms with van der Waals surface area (Å²) in [6.45, 7) is 3.71. The maximum atomic E-state index is 5.83. The van der Waals surface area contributed by atoms with Crippen LogP contribution in [0.4, 0.5) is 0 Å². The van der Waals surface area contributed by atoms with Crippen molar-refractivity contribution in [2.45, 2.75) is 30.6 Å². The van der Waals surface area contributed by atoms with E-state index in [-0.39, 0.29) is 0 Å².